The molecule has 0 heterocycles. The van der Waals surface area contributed by atoms with Gasteiger partial charge < -0.3 is 10.8 Å². The van der Waals surface area contributed by atoms with Gasteiger partial charge in [0, 0.05) is 6.04 Å². The van der Waals surface area contributed by atoms with Crippen LogP contribution < -0.4 is 5.73 Å². The normalized spacial score (nSPS) is 12.4. The minimum atomic E-state index is -0.234. The molecule has 0 fully saturated rings. The van der Waals surface area contributed by atoms with Crippen molar-refractivity contribution in [2.75, 3.05) is 6.54 Å². The minimum absolute atomic E-state index is 0.126. The van der Waals surface area contributed by atoms with Gasteiger partial charge in [0.1, 0.15) is 5.75 Å². The molecule has 0 spiro atoms. The number of benzene rings is 1. The van der Waals surface area contributed by atoms with E-state index in [1.54, 1.807) is 24.3 Å². The van der Waals surface area contributed by atoms with Gasteiger partial charge in [-0.3, -0.25) is 0 Å². The SMILES string of the molecule is NC(CN=O)Cc1ccc(O)cc1. The first kappa shape index (κ1) is 9.67. The average molecular weight is 180 g/mol. The lowest BCUT2D eigenvalue weighted by Gasteiger charge is -2.06. The fourth-order valence-corrected chi connectivity index (χ4v) is 1.10. The van der Waals surface area contributed by atoms with Crippen molar-refractivity contribution >= 4 is 0 Å². The quantitative estimate of drug-likeness (QED) is 0.679. The van der Waals surface area contributed by atoms with Crippen LogP contribution in [-0.2, 0) is 6.42 Å². The minimum Gasteiger partial charge on any atom is -0.508 e. The third-order valence-corrected chi connectivity index (χ3v) is 1.74. The van der Waals surface area contributed by atoms with Crippen molar-refractivity contribution in [2.45, 2.75) is 12.5 Å². The summed E-state index contributed by atoms with van der Waals surface area (Å²) in [5.74, 6) is 0.228. The van der Waals surface area contributed by atoms with Gasteiger partial charge in [-0.2, -0.15) is 4.91 Å². The van der Waals surface area contributed by atoms with Crippen LogP contribution in [0.3, 0.4) is 0 Å². The fraction of sp³-hybridized carbons (Fsp3) is 0.333. The highest BCUT2D eigenvalue weighted by molar-refractivity contribution is 5.26. The van der Waals surface area contributed by atoms with Crippen LogP contribution in [-0.4, -0.2) is 17.7 Å². The Balaban J connectivity index is 2.53. The van der Waals surface area contributed by atoms with E-state index in [9.17, 15) is 4.91 Å². The summed E-state index contributed by atoms with van der Waals surface area (Å²) in [6.07, 6.45) is 0.603. The molecule has 1 unspecified atom stereocenters. The van der Waals surface area contributed by atoms with Crippen molar-refractivity contribution in [3.63, 3.8) is 0 Å². The zero-order valence-electron chi connectivity index (χ0n) is 7.18. The van der Waals surface area contributed by atoms with E-state index in [4.69, 9.17) is 10.8 Å². The Morgan fingerprint density at radius 1 is 1.38 bits per heavy atom. The first-order valence-electron chi connectivity index (χ1n) is 4.05. The van der Waals surface area contributed by atoms with Crippen LogP contribution in [0.5, 0.6) is 5.75 Å². The van der Waals surface area contributed by atoms with E-state index >= 15 is 0 Å². The van der Waals surface area contributed by atoms with Crippen molar-refractivity contribution in [3.05, 3.63) is 34.7 Å². The third-order valence-electron chi connectivity index (χ3n) is 1.74. The van der Waals surface area contributed by atoms with Gasteiger partial charge in [-0.15, -0.1) is 0 Å². The summed E-state index contributed by atoms with van der Waals surface area (Å²) in [4.78, 5) is 9.89. The van der Waals surface area contributed by atoms with Crippen LogP contribution in [0, 0.1) is 4.91 Å². The van der Waals surface area contributed by atoms with Gasteiger partial charge >= 0.3 is 0 Å². The lowest BCUT2D eigenvalue weighted by molar-refractivity contribution is 0.475. The molecule has 0 aliphatic heterocycles. The van der Waals surface area contributed by atoms with Crippen LogP contribution in [0.25, 0.3) is 0 Å². The van der Waals surface area contributed by atoms with E-state index in [0.29, 0.717) is 6.42 Å². The van der Waals surface area contributed by atoms with E-state index in [1.165, 1.54) is 0 Å². The molecular weight excluding hydrogens is 168 g/mol. The van der Waals surface area contributed by atoms with E-state index in [-0.39, 0.29) is 18.3 Å². The summed E-state index contributed by atoms with van der Waals surface area (Å²) in [7, 11) is 0. The molecule has 1 rings (SSSR count). The molecule has 1 aromatic rings. The number of nitrogens with two attached hydrogens (primary N) is 1. The predicted molar refractivity (Wildman–Crippen MR) is 50.4 cm³/mol. The molecule has 4 nitrogen and oxygen atoms in total. The molecule has 0 bridgehead atoms. The highest BCUT2D eigenvalue weighted by Crippen LogP contribution is 2.10. The van der Waals surface area contributed by atoms with Crippen LogP contribution in [0.15, 0.2) is 29.4 Å². The van der Waals surface area contributed by atoms with Gasteiger partial charge in [-0.05, 0) is 24.1 Å². The number of aromatic hydroxyl groups is 1. The first-order valence-corrected chi connectivity index (χ1v) is 4.05. The average Bonchev–Trinajstić information content (AvgIpc) is 2.09. The summed E-state index contributed by atoms with van der Waals surface area (Å²) in [6, 6.07) is 6.51. The summed E-state index contributed by atoms with van der Waals surface area (Å²) in [5.41, 5.74) is 6.59. The maximum atomic E-state index is 9.89. The molecule has 0 saturated heterocycles. The Kier molecular flexibility index (Phi) is 3.40. The van der Waals surface area contributed by atoms with Gasteiger partial charge in [0.15, 0.2) is 0 Å². The second-order valence-corrected chi connectivity index (χ2v) is 2.94. The maximum absolute atomic E-state index is 9.89. The Morgan fingerprint density at radius 3 is 2.54 bits per heavy atom. The summed E-state index contributed by atoms with van der Waals surface area (Å²) in [6.45, 7) is 0.126. The number of rotatable bonds is 4. The second-order valence-electron chi connectivity index (χ2n) is 2.94. The summed E-state index contributed by atoms with van der Waals surface area (Å²) < 4.78 is 0. The van der Waals surface area contributed by atoms with Crippen LogP contribution in [0.2, 0.25) is 0 Å². The molecular formula is C9H12N2O2. The van der Waals surface area contributed by atoms with Gasteiger partial charge in [0.05, 0.1) is 6.54 Å². The van der Waals surface area contributed by atoms with Crippen molar-refractivity contribution in [2.24, 2.45) is 10.9 Å². The largest absolute Gasteiger partial charge is 0.508 e. The van der Waals surface area contributed by atoms with Gasteiger partial charge in [0.2, 0.25) is 0 Å². The van der Waals surface area contributed by atoms with Crippen molar-refractivity contribution < 1.29 is 5.11 Å². The smallest absolute Gasteiger partial charge is 0.115 e. The lowest BCUT2D eigenvalue weighted by atomic mass is 10.1. The molecule has 1 atom stereocenters. The van der Waals surface area contributed by atoms with Crippen LogP contribution >= 0.6 is 0 Å². The first-order chi connectivity index (χ1) is 6.22. The Bertz CT molecular complexity index is 271. The van der Waals surface area contributed by atoms with Crippen LogP contribution in [0.4, 0.5) is 0 Å². The molecule has 0 radical (unpaired) electrons. The van der Waals surface area contributed by atoms with E-state index in [1.807, 2.05) is 0 Å². The Hall–Kier alpha value is -1.42. The number of hydrogen-bond donors (Lipinski definition) is 2. The predicted octanol–water partition coefficient (Wildman–Crippen LogP) is 1.03. The second kappa shape index (κ2) is 4.57. The molecule has 70 valence electrons. The maximum Gasteiger partial charge on any atom is 0.115 e. The fourth-order valence-electron chi connectivity index (χ4n) is 1.10. The summed E-state index contributed by atoms with van der Waals surface area (Å²) in [5, 5.41) is 11.7. The molecule has 0 saturated carbocycles. The Labute approximate surface area is 76.4 Å². The van der Waals surface area contributed by atoms with Crippen LogP contribution in [0.1, 0.15) is 5.56 Å². The third kappa shape index (κ3) is 3.21. The van der Waals surface area contributed by atoms with E-state index in [2.05, 4.69) is 5.18 Å². The molecule has 0 aliphatic rings. The van der Waals surface area contributed by atoms with Gasteiger partial charge in [-0.1, -0.05) is 17.3 Å². The Morgan fingerprint density at radius 2 is 2.00 bits per heavy atom. The van der Waals surface area contributed by atoms with Crippen molar-refractivity contribution in [3.8, 4) is 5.75 Å². The molecule has 0 aliphatic carbocycles. The van der Waals surface area contributed by atoms with E-state index < -0.39 is 0 Å². The number of phenols is 1. The number of nitroso groups, excluding NO2 is 1. The summed E-state index contributed by atoms with van der Waals surface area (Å²) >= 11 is 0. The molecule has 13 heavy (non-hydrogen) atoms. The molecule has 4 heteroatoms. The van der Waals surface area contributed by atoms with E-state index in [0.717, 1.165) is 5.56 Å². The molecule has 1 aromatic carbocycles. The number of hydrogen-bond acceptors (Lipinski definition) is 4. The number of phenolic OH excluding ortho intramolecular Hbond substituents is 1. The molecule has 3 N–H and O–H groups in total. The van der Waals surface area contributed by atoms with Gasteiger partial charge in [0.25, 0.3) is 0 Å². The van der Waals surface area contributed by atoms with Crippen molar-refractivity contribution in [1.29, 1.82) is 0 Å². The topological polar surface area (TPSA) is 75.7 Å². The zero-order valence-corrected chi connectivity index (χ0v) is 7.18. The van der Waals surface area contributed by atoms with Crippen molar-refractivity contribution in [1.82, 2.24) is 0 Å². The highest BCUT2D eigenvalue weighted by atomic mass is 16.3. The molecule has 0 amide bonds. The molecule has 0 aromatic heterocycles. The zero-order chi connectivity index (χ0) is 9.68. The monoisotopic (exact) mass is 180 g/mol. The number of nitrogens with zero attached hydrogens (tertiary/aromatic N) is 1. The standard InChI is InChI=1S/C9H12N2O2/c10-8(6-11-13)5-7-1-3-9(12)4-2-7/h1-4,8,12H,5-6,10H2. The van der Waals surface area contributed by atoms with Gasteiger partial charge in [-0.25, -0.2) is 0 Å². The highest BCUT2D eigenvalue weighted by Gasteiger charge is 2.03. The lowest BCUT2D eigenvalue weighted by Crippen LogP contribution is -2.25.